The molecule has 2 aliphatic rings. The summed E-state index contributed by atoms with van der Waals surface area (Å²) in [7, 11) is 1.90. The van der Waals surface area contributed by atoms with Gasteiger partial charge in [0.25, 0.3) is 0 Å². The number of carboxylic acid groups (broad SMARTS) is 1. The van der Waals surface area contributed by atoms with Crippen molar-refractivity contribution in [1.29, 1.82) is 0 Å². The van der Waals surface area contributed by atoms with Gasteiger partial charge in [-0.2, -0.15) is 0 Å². The third-order valence-corrected chi connectivity index (χ3v) is 7.55. The van der Waals surface area contributed by atoms with Crippen LogP contribution in [0.15, 0.2) is 18.2 Å². The van der Waals surface area contributed by atoms with Crippen LogP contribution in [-0.4, -0.2) is 68.0 Å². The van der Waals surface area contributed by atoms with Crippen LogP contribution in [0.4, 0.5) is 14.0 Å². The molecule has 10 heteroatoms. The second kappa shape index (κ2) is 14.6. The molecule has 0 bridgehead atoms. The van der Waals surface area contributed by atoms with Gasteiger partial charge in [0.05, 0.1) is 17.7 Å². The van der Waals surface area contributed by atoms with Gasteiger partial charge in [0, 0.05) is 43.7 Å². The third-order valence-electron chi connectivity index (χ3n) is 7.26. The molecule has 0 spiro atoms. The van der Waals surface area contributed by atoms with E-state index in [0.29, 0.717) is 24.6 Å². The summed E-state index contributed by atoms with van der Waals surface area (Å²) < 4.78 is 21.0. The highest BCUT2D eigenvalue weighted by Gasteiger charge is 2.33. The maximum Gasteiger partial charge on any atom is 0.404 e. The molecule has 2 fully saturated rings. The van der Waals surface area contributed by atoms with Crippen molar-refractivity contribution in [1.82, 2.24) is 20.9 Å². The van der Waals surface area contributed by atoms with E-state index in [4.69, 9.17) is 21.4 Å². The van der Waals surface area contributed by atoms with Gasteiger partial charge in [-0.15, -0.1) is 0 Å². The average molecular weight is 527 g/mol. The van der Waals surface area contributed by atoms with Crippen LogP contribution in [0.1, 0.15) is 63.0 Å². The van der Waals surface area contributed by atoms with Crippen LogP contribution in [0.25, 0.3) is 0 Å². The van der Waals surface area contributed by atoms with Crippen LogP contribution in [0.5, 0.6) is 0 Å². The van der Waals surface area contributed by atoms with Crippen LogP contribution in [0.2, 0.25) is 5.02 Å². The summed E-state index contributed by atoms with van der Waals surface area (Å²) in [5.74, 6) is -0.0450. The van der Waals surface area contributed by atoms with Crippen molar-refractivity contribution in [2.24, 2.45) is 11.8 Å². The molecular weight excluding hydrogens is 487 g/mol. The number of carbonyl (C=O) groups is 2. The number of nitrogens with zero attached hydrogens (tertiary/aromatic N) is 1. The van der Waals surface area contributed by atoms with Crippen molar-refractivity contribution in [2.75, 3.05) is 39.8 Å². The molecule has 1 aromatic rings. The summed E-state index contributed by atoms with van der Waals surface area (Å²) in [6.45, 7) is 1.93. The predicted molar refractivity (Wildman–Crippen MR) is 138 cm³/mol. The summed E-state index contributed by atoms with van der Waals surface area (Å²) in [4.78, 5) is 25.9. The van der Waals surface area contributed by atoms with Gasteiger partial charge in [-0.1, -0.05) is 55.8 Å². The molecule has 1 aliphatic heterocycles. The van der Waals surface area contributed by atoms with E-state index in [1.807, 2.05) is 7.05 Å². The SMILES string of the molecule is CNCC(CC1CCCCC1)NC(=O)N1CCCC(C(OCCNC(=O)O)c2cccc(Cl)c2F)C1. The zero-order valence-corrected chi connectivity index (χ0v) is 21.9. The predicted octanol–water partition coefficient (Wildman–Crippen LogP) is 4.78. The number of carbonyl (C=O) groups excluding carboxylic acids is 1. The quantitative estimate of drug-likeness (QED) is 0.311. The highest BCUT2D eigenvalue weighted by molar-refractivity contribution is 6.30. The van der Waals surface area contributed by atoms with Crippen molar-refractivity contribution in [3.8, 4) is 0 Å². The van der Waals surface area contributed by atoms with Crippen LogP contribution in [0, 0.1) is 17.7 Å². The largest absolute Gasteiger partial charge is 0.465 e. The lowest BCUT2D eigenvalue weighted by molar-refractivity contribution is -0.0104. The minimum atomic E-state index is -1.14. The molecule has 1 aromatic carbocycles. The third kappa shape index (κ3) is 8.49. The number of hydrogen-bond acceptors (Lipinski definition) is 4. The topological polar surface area (TPSA) is 103 Å². The zero-order valence-electron chi connectivity index (χ0n) is 21.1. The number of piperidine rings is 1. The van der Waals surface area contributed by atoms with Gasteiger partial charge in [0.15, 0.2) is 0 Å². The molecule has 1 saturated carbocycles. The number of likely N-dealkylation sites (tertiary alicyclic amines) is 1. The molecule has 36 heavy (non-hydrogen) atoms. The molecule has 3 amide bonds. The maximum atomic E-state index is 15.0. The minimum Gasteiger partial charge on any atom is -0.465 e. The first-order chi connectivity index (χ1) is 17.4. The number of urea groups is 1. The Morgan fingerprint density at radius 3 is 2.72 bits per heavy atom. The van der Waals surface area contributed by atoms with E-state index >= 15 is 0 Å². The number of hydrogen-bond donors (Lipinski definition) is 4. The number of benzene rings is 1. The summed E-state index contributed by atoms with van der Waals surface area (Å²) in [5, 5.41) is 17.5. The Bertz CT molecular complexity index is 855. The van der Waals surface area contributed by atoms with E-state index in [1.54, 1.807) is 17.0 Å². The highest BCUT2D eigenvalue weighted by atomic mass is 35.5. The van der Waals surface area contributed by atoms with E-state index in [-0.39, 0.29) is 36.2 Å². The lowest BCUT2D eigenvalue weighted by atomic mass is 9.85. The molecule has 8 nitrogen and oxygen atoms in total. The molecule has 0 aromatic heterocycles. The van der Waals surface area contributed by atoms with E-state index in [0.717, 1.165) is 25.8 Å². The molecule has 202 valence electrons. The summed E-state index contributed by atoms with van der Waals surface area (Å²) in [6.07, 6.45) is 6.99. The minimum absolute atomic E-state index is 0.00721. The number of rotatable bonds is 11. The van der Waals surface area contributed by atoms with E-state index < -0.39 is 18.0 Å². The molecule has 1 saturated heterocycles. The van der Waals surface area contributed by atoms with Crippen molar-refractivity contribution in [3.63, 3.8) is 0 Å². The van der Waals surface area contributed by atoms with E-state index in [2.05, 4.69) is 16.0 Å². The van der Waals surface area contributed by atoms with Crippen molar-refractivity contribution >= 4 is 23.7 Å². The second-order valence-electron chi connectivity index (χ2n) is 9.96. The Morgan fingerprint density at radius 1 is 1.22 bits per heavy atom. The maximum absolute atomic E-state index is 15.0. The molecule has 3 rings (SSSR count). The van der Waals surface area contributed by atoms with Crippen LogP contribution >= 0.6 is 11.6 Å². The smallest absolute Gasteiger partial charge is 0.404 e. The molecule has 3 atom stereocenters. The molecule has 0 radical (unpaired) electrons. The van der Waals surface area contributed by atoms with Gasteiger partial charge in [-0.3, -0.25) is 0 Å². The highest BCUT2D eigenvalue weighted by Crippen LogP contribution is 2.36. The number of amides is 3. The van der Waals surface area contributed by atoms with E-state index in [1.165, 1.54) is 38.2 Å². The van der Waals surface area contributed by atoms with Gasteiger partial charge < -0.3 is 30.7 Å². The Morgan fingerprint density at radius 2 is 2.00 bits per heavy atom. The van der Waals surface area contributed by atoms with Gasteiger partial charge in [0.2, 0.25) is 0 Å². The lowest BCUT2D eigenvalue weighted by Gasteiger charge is -2.38. The number of nitrogens with one attached hydrogen (secondary N) is 3. The van der Waals surface area contributed by atoms with Crippen LogP contribution < -0.4 is 16.0 Å². The first-order valence-electron chi connectivity index (χ1n) is 13.1. The molecule has 4 N–H and O–H groups in total. The van der Waals surface area contributed by atoms with Crippen molar-refractivity contribution < 1.29 is 23.8 Å². The Kier molecular flexibility index (Phi) is 11.5. The first kappa shape index (κ1) is 28.5. The summed E-state index contributed by atoms with van der Waals surface area (Å²) in [5.41, 5.74) is 0.329. The van der Waals surface area contributed by atoms with E-state index in [9.17, 15) is 14.0 Å². The van der Waals surface area contributed by atoms with Gasteiger partial charge in [0.1, 0.15) is 5.82 Å². The number of likely N-dealkylation sites (N-methyl/N-ethyl adjacent to an activating group) is 1. The summed E-state index contributed by atoms with van der Waals surface area (Å²) >= 11 is 6.04. The fourth-order valence-electron chi connectivity index (χ4n) is 5.54. The zero-order chi connectivity index (χ0) is 25.9. The lowest BCUT2D eigenvalue weighted by Crippen LogP contribution is -2.52. The molecule has 1 heterocycles. The first-order valence-corrected chi connectivity index (χ1v) is 13.5. The Labute approximate surface area is 218 Å². The normalized spacial score (nSPS) is 20.5. The fourth-order valence-corrected chi connectivity index (χ4v) is 5.72. The standard InChI is InChI=1S/C26H40ClFN4O4/c1-29-16-20(15-18-7-3-2-4-8-18)31-25(33)32-13-6-9-19(17-32)24(36-14-12-30-26(34)35)21-10-5-11-22(27)23(21)28/h5,10-11,18-20,24,29-30H,2-4,6-9,12-17H2,1H3,(H,31,33)(H,34,35). The Balaban J connectivity index is 1.66. The molecule has 1 aliphatic carbocycles. The average Bonchev–Trinajstić information content (AvgIpc) is 2.87. The Hall–Kier alpha value is -2.10. The monoisotopic (exact) mass is 526 g/mol. The van der Waals surface area contributed by atoms with Crippen molar-refractivity contribution in [2.45, 2.75) is 63.5 Å². The fraction of sp³-hybridized carbons (Fsp3) is 0.692. The number of halogens is 2. The molecular formula is C26H40ClFN4O4. The number of ether oxygens (including phenoxy) is 1. The van der Waals surface area contributed by atoms with Crippen molar-refractivity contribution in [3.05, 3.63) is 34.6 Å². The van der Waals surface area contributed by atoms with Gasteiger partial charge in [-0.05, 0) is 38.3 Å². The van der Waals surface area contributed by atoms with Gasteiger partial charge >= 0.3 is 12.1 Å². The van der Waals surface area contributed by atoms with Crippen LogP contribution in [0.3, 0.4) is 0 Å². The van der Waals surface area contributed by atoms with Gasteiger partial charge in [-0.25, -0.2) is 14.0 Å². The summed E-state index contributed by atoms with van der Waals surface area (Å²) in [6, 6.07) is 4.76. The second-order valence-corrected chi connectivity index (χ2v) is 10.4. The van der Waals surface area contributed by atoms with Crippen LogP contribution in [-0.2, 0) is 4.74 Å². The molecule has 3 unspecified atom stereocenters.